The number of esters is 1. The van der Waals surface area contributed by atoms with Crippen molar-refractivity contribution in [1.29, 1.82) is 0 Å². The Bertz CT molecular complexity index is 1540. The zero-order valence-electron chi connectivity index (χ0n) is 19.0. The number of nitrogens with zero attached hydrogens (tertiary/aromatic N) is 3. The molecule has 180 valence electrons. The van der Waals surface area contributed by atoms with E-state index in [4.69, 9.17) is 4.74 Å². The second kappa shape index (κ2) is 9.88. The Morgan fingerprint density at radius 2 is 2.03 bits per heavy atom. The Morgan fingerprint density at radius 3 is 2.66 bits per heavy atom. The summed E-state index contributed by atoms with van der Waals surface area (Å²) in [6, 6.07) is 10.7. The molecule has 35 heavy (non-hydrogen) atoms. The number of allylic oxidation sites excluding steroid dienone is 1. The molecule has 0 saturated heterocycles. The van der Waals surface area contributed by atoms with Crippen LogP contribution in [0.5, 0.6) is 5.75 Å². The highest BCUT2D eigenvalue weighted by Crippen LogP contribution is 2.32. The molecule has 0 spiro atoms. The maximum Gasteiger partial charge on any atom is 0.338 e. The molecule has 0 amide bonds. The van der Waals surface area contributed by atoms with Crippen molar-refractivity contribution in [3.8, 4) is 5.75 Å². The molecular formula is C24H21N3O6S2. The molecule has 1 unspecified atom stereocenters. The summed E-state index contributed by atoms with van der Waals surface area (Å²) in [5.74, 6) is -1.01. The zero-order chi connectivity index (χ0) is 25.3. The van der Waals surface area contributed by atoms with Crippen LogP contribution in [0.1, 0.15) is 31.0 Å². The lowest BCUT2D eigenvalue weighted by Crippen LogP contribution is -2.39. The Labute approximate surface area is 207 Å². The van der Waals surface area contributed by atoms with Crippen LogP contribution in [0.2, 0.25) is 0 Å². The third-order valence-electron chi connectivity index (χ3n) is 5.44. The van der Waals surface area contributed by atoms with Crippen LogP contribution in [0.15, 0.2) is 68.4 Å². The van der Waals surface area contributed by atoms with Gasteiger partial charge < -0.3 is 9.84 Å². The molecule has 2 aromatic carbocycles. The molecule has 2 heterocycles. The van der Waals surface area contributed by atoms with Gasteiger partial charge in [0, 0.05) is 11.0 Å². The molecule has 3 aromatic rings. The first-order valence-electron chi connectivity index (χ1n) is 10.6. The van der Waals surface area contributed by atoms with Crippen LogP contribution < -0.4 is 14.9 Å². The number of thiazole rings is 1. The van der Waals surface area contributed by atoms with Gasteiger partial charge in [0.05, 0.1) is 33.4 Å². The molecule has 9 nitrogen and oxygen atoms in total. The van der Waals surface area contributed by atoms with Gasteiger partial charge in [0.2, 0.25) is 0 Å². The van der Waals surface area contributed by atoms with E-state index in [0.29, 0.717) is 16.1 Å². The van der Waals surface area contributed by atoms with Gasteiger partial charge in [-0.15, -0.1) is 11.8 Å². The van der Waals surface area contributed by atoms with Crippen molar-refractivity contribution in [2.45, 2.75) is 24.8 Å². The van der Waals surface area contributed by atoms with Crippen LogP contribution in [0.3, 0.4) is 0 Å². The number of nitro groups is 1. The second-order valence-electron chi connectivity index (χ2n) is 7.58. The van der Waals surface area contributed by atoms with Crippen molar-refractivity contribution in [3.63, 3.8) is 0 Å². The average molecular weight is 512 g/mol. The van der Waals surface area contributed by atoms with Gasteiger partial charge in [0.1, 0.15) is 0 Å². The van der Waals surface area contributed by atoms with Crippen LogP contribution >= 0.6 is 23.1 Å². The van der Waals surface area contributed by atoms with E-state index in [1.54, 1.807) is 25.6 Å². The Kier molecular flexibility index (Phi) is 6.90. The van der Waals surface area contributed by atoms with Gasteiger partial charge in [-0.3, -0.25) is 19.5 Å². The number of fused-ring (bicyclic) bond motifs is 1. The van der Waals surface area contributed by atoms with E-state index in [0.717, 1.165) is 21.8 Å². The van der Waals surface area contributed by atoms with E-state index in [1.807, 2.05) is 30.5 Å². The van der Waals surface area contributed by atoms with Gasteiger partial charge >= 0.3 is 11.7 Å². The van der Waals surface area contributed by atoms with Crippen molar-refractivity contribution in [2.75, 3.05) is 12.9 Å². The minimum absolute atomic E-state index is 0.178. The number of carbonyl (C=O) groups excluding carboxylic acids is 1. The van der Waals surface area contributed by atoms with E-state index in [2.05, 4.69) is 4.99 Å². The summed E-state index contributed by atoms with van der Waals surface area (Å²) in [4.78, 5) is 42.9. The van der Waals surface area contributed by atoms with Crippen LogP contribution in [0.25, 0.3) is 6.08 Å². The fourth-order valence-electron chi connectivity index (χ4n) is 3.82. The third-order valence-corrected chi connectivity index (χ3v) is 7.17. The highest BCUT2D eigenvalue weighted by molar-refractivity contribution is 7.98. The van der Waals surface area contributed by atoms with Crippen molar-refractivity contribution >= 4 is 40.8 Å². The zero-order valence-corrected chi connectivity index (χ0v) is 20.7. The first-order chi connectivity index (χ1) is 16.7. The summed E-state index contributed by atoms with van der Waals surface area (Å²) < 4.78 is 7.03. The highest BCUT2D eigenvalue weighted by atomic mass is 32.2. The van der Waals surface area contributed by atoms with Crippen molar-refractivity contribution < 1.29 is 19.6 Å². The number of aromatic nitrogens is 1. The number of carbonyl (C=O) groups is 1. The monoisotopic (exact) mass is 511 g/mol. The van der Waals surface area contributed by atoms with E-state index in [9.17, 15) is 24.8 Å². The number of rotatable bonds is 6. The summed E-state index contributed by atoms with van der Waals surface area (Å²) in [6.07, 6.45) is 3.47. The lowest BCUT2D eigenvalue weighted by molar-refractivity contribution is -0.385. The summed E-state index contributed by atoms with van der Waals surface area (Å²) >= 11 is 2.70. The first kappa shape index (κ1) is 24.4. The number of phenols is 1. The molecule has 11 heteroatoms. The van der Waals surface area contributed by atoms with Gasteiger partial charge in [-0.1, -0.05) is 29.5 Å². The van der Waals surface area contributed by atoms with E-state index in [1.165, 1.54) is 28.8 Å². The Balaban J connectivity index is 1.93. The minimum atomic E-state index is -0.738. The molecule has 1 aliphatic rings. The number of aromatic hydroxyl groups is 1. The number of phenolic OH excluding ortho intramolecular Hbond substituents is 1. The number of hydrogen-bond acceptors (Lipinski definition) is 9. The third kappa shape index (κ3) is 4.64. The molecule has 1 atom stereocenters. The van der Waals surface area contributed by atoms with Crippen LogP contribution in [-0.2, 0) is 9.53 Å². The number of benzene rings is 2. The van der Waals surface area contributed by atoms with Gasteiger partial charge in [-0.2, -0.15) is 0 Å². The number of thioether (sulfide) groups is 1. The summed E-state index contributed by atoms with van der Waals surface area (Å²) in [5, 5.41) is 20.9. The minimum Gasteiger partial charge on any atom is -0.502 e. The molecule has 1 N–H and O–H groups in total. The topological polar surface area (TPSA) is 124 Å². The molecule has 0 saturated carbocycles. The standard InChI is InChI=1S/C24H21N3O6S2/c1-4-33-23(30)20-13(2)25-24-26(21(20)15-6-8-16(34-3)9-7-15)22(29)19(35-24)12-14-5-10-18(28)17(11-14)27(31)32/h5-12,21,28H,4H2,1-3H3/b19-12+. The van der Waals surface area contributed by atoms with Crippen molar-refractivity contribution in [1.82, 2.24) is 4.57 Å². The molecule has 0 bridgehead atoms. The summed E-state index contributed by atoms with van der Waals surface area (Å²) in [7, 11) is 0. The quantitative estimate of drug-likeness (QED) is 0.233. The van der Waals surface area contributed by atoms with Crippen molar-refractivity contribution in [2.24, 2.45) is 4.99 Å². The normalized spacial score (nSPS) is 15.5. The van der Waals surface area contributed by atoms with E-state index < -0.39 is 33.9 Å². The lowest BCUT2D eigenvalue weighted by Gasteiger charge is -2.24. The summed E-state index contributed by atoms with van der Waals surface area (Å²) in [5.41, 5.74) is 0.991. The molecule has 1 aliphatic heterocycles. The number of nitro benzene ring substituents is 1. The Hall–Kier alpha value is -3.70. The van der Waals surface area contributed by atoms with Gasteiger partial charge in [0.25, 0.3) is 5.56 Å². The molecule has 1 aromatic heterocycles. The molecule has 0 fully saturated rings. The average Bonchev–Trinajstić information content (AvgIpc) is 3.13. The SMILES string of the molecule is CCOC(=O)C1=C(C)N=c2s/c(=C/c3ccc(O)c([N+](=O)[O-])c3)c(=O)n2C1c1ccc(SC)cc1. The molecule has 0 aliphatic carbocycles. The second-order valence-corrected chi connectivity index (χ2v) is 9.47. The maximum absolute atomic E-state index is 13.6. The van der Waals surface area contributed by atoms with Gasteiger partial charge in [-0.05, 0) is 55.5 Å². The lowest BCUT2D eigenvalue weighted by atomic mass is 9.96. The molecule has 0 radical (unpaired) electrons. The van der Waals surface area contributed by atoms with Crippen LogP contribution in [0.4, 0.5) is 5.69 Å². The largest absolute Gasteiger partial charge is 0.502 e. The first-order valence-corrected chi connectivity index (χ1v) is 12.6. The smallest absolute Gasteiger partial charge is 0.338 e. The van der Waals surface area contributed by atoms with E-state index in [-0.39, 0.29) is 16.7 Å². The Morgan fingerprint density at radius 1 is 1.31 bits per heavy atom. The number of ether oxygens (including phenoxy) is 1. The van der Waals surface area contributed by atoms with Crippen LogP contribution in [-0.4, -0.2) is 33.4 Å². The van der Waals surface area contributed by atoms with Crippen molar-refractivity contribution in [3.05, 3.63) is 94.7 Å². The predicted octanol–water partition coefficient (Wildman–Crippen LogP) is 3.13. The summed E-state index contributed by atoms with van der Waals surface area (Å²) in [6.45, 7) is 3.59. The van der Waals surface area contributed by atoms with Crippen LogP contribution in [0, 0.1) is 10.1 Å². The van der Waals surface area contributed by atoms with Gasteiger partial charge in [-0.25, -0.2) is 9.79 Å². The predicted molar refractivity (Wildman–Crippen MR) is 133 cm³/mol. The van der Waals surface area contributed by atoms with E-state index >= 15 is 0 Å². The highest BCUT2D eigenvalue weighted by Gasteiger charge is 2.33. The van der Waals surface area contributed by atoms with Gasteiger partial charge in [0.15, 0.2) is 10.6 Å². The molecule has 4 rings (SSSR count). The molecular weight excluding hydrogens is 490 g/mol. The fraction of sp³-hybridized carbons (Fsp3) is 0.208. The maximum atomic E-state index is 13.6. The number of hydrogen-bond donors (Lipinski definition) is 1. The fourth-order valence-corrected chi connectivity index (χ4v) is 5.28.